The summed E-state index contributed by atoms with van der Waals surface area (Å²) < 4.78 is 0. The fourth-order valence-electron chi connectivity index (χ4n) is 0.777. The van der Waals surface area contributed by atoms with E-state index in [1.54, 1.807) is 12.2 Å². The fraction of sp³-hybridized carbons (Fsp3) is 0.273. The van der Waals surface area contributed by atoms with Crippen molar-refractivity contribution >= 4 is 0 Å². The first-order chi connectivity index (χ1) is 5.76. The summed E-state index contributed by atoms with van der Waals surface area (Å²) >= 11 is 0. The maximum absolute atomic E-state index is 5.65. The van der Waals surface area contributed by atoms with Gasteiger partial charge in [0.1, 0.15) is 0 Å². The molecule has 0 spiro atoms. The maximum Gasteiger partial charge on any atom is 0.0381 e. The molecule has 0 bridgehead atoms. The number of nitrogens with two attached hydrogens (primary N) is 1. The topological polar surface area (TPSA) is 26.0 Å². The lowest BCUT2D eigenvalue weighted by Gasteiger charge is -1.97. The molecule has 0 unspecified atom stereocenters. The minimum Gasteiger partial charge on any atom is -0.398 e. The Kier molecular flexibility index (Phi) is 5.80. The molecule has 0 aromatic heterocycles. The molecular formula is C11H17N. The first-order valence-electron chi connectivity index (χ1n) is 4.17. The van der Waals surface area contributed by atoms with Crippen molar-refractivity contribution in [3.63, 3.8) is 0 Å². The van der Waals surface area contributed by atoms with Gasteiger partial charge in [0.2, 0.25) is 0 Å². The molecule has 2 N–H and O–H groups in total. The highest BCUT2D eigenvalue weighted by Crippen LogP contribution is 2.04. The standard InChI is InChI=1S/C11H17N/c1-4-7-8-9-10(5-2)11(12)6-3/h5-6,8-9H,2-4,7,12H2,1H3/b9-8-,11-10-. The van der Waals surface area contributed by atoms with Crippen molar-refractivity contribution in [2.24, 2.45) is 5.73 Å². The molecule has 0 aliphatic heterocycles. The number of allylic oxidation sites excluding steroid dienone is 5. The molecule has 0 fully saturated rings. The van der Waals surface area contributed by atoms with E-state index in [2.05, 4.69) is 26.2 Å². The van der Waals surface area contributed by atoms with Gasteiger partial charge in [-0.2, -0.15) is 0 Å². The summed E-state index contributed by atoms with van der Waals surface area (Å²) in [5, 5.41) is 0. The van der Waals surface area contributed by atoms with E-state index in [0.29, 0.717) is 5.70 Å². The summed E-state index contributed by atoms with van der Waals surface area (Å²) in [7, 11) is 0. The predicted molar refractivity (Wildman–Crippen MR) is 55.7 cm³/mol. The zero-order valence-electron chi connectivity index (χ0n) is 7.72. The summed E-state index contributed by atoms with van der Waals surface area (Å²) in [4.78, 5) is 0. The van der Waals surface area contributed by atoms with Crippen LogP contribution in [0.25, 0.3) is 0 Å². The van der Waals surface area contributed by atoms with Gasteiger partial charge in [0, 0.05) is 5.70 Å². The van der Waals surface area contributed by atoms with Crippen LogP contribution < -0.4 is 5.73 Å². The smallest absolute Gasteiger partial charge is 0.0381 e. The second-order valence-corrected chi connectivity index (χ2v) is 2.51. The normalized spacial score (nSPS) is 12.8. The van der Waals surface area contributed by atoms with Crippen LogP contribution in [0.15, 0.2) is 48.7 Å². The summed E-state index contributed by atoms with van der Waals surface area (Å²) in [6.07, 6.45) is 9.66. The molecule has 1 nitrogen and oxygen atoms in total. The van der Waals surface area contributed by atoms with Crippen molar-refractivity contribution in [2.45, 2.75) is 19.8 Å². The number of hydrogen-bond donors (Lipinski definition) is 1. The quantitative estimate of drug-likeness (QED) is 0.619. The lowest BCUT2D eigenvalue weighted by Crippen LogP contribution is -1.95. The second-order valence-electron chi connectivity index (χ2n) is 2.51. The Morgan fingerprint density at radius 3 is 2.42 bits per heavy atom. The van der Waals surface area contributed by atoms with Crippen molar-refractivity contribution in [2.75, 3.05) is 0 Å². The Morgan fingerprint density at radius 1 is 1.33 bits per heavy atom. The van der Waals surface area contributed by atoms with Crippen LogP contribution in [0.2, 0.25) is 0 Å². The third-order valence-corrected chi connectivity index (χ3v) is 1.53. The maximum atomic E-state index is 5.65. The minimum absolute atomic E-state index is 0.678. The SMILES string of the molecule is C=C/C(N)=C(C=C)/C=C\CCC. The summed E-state index contributed by atoms with van der Waals surface area (Å²) in [5.41, 5.74) is 7.27. The average molecular weight is 163 g/mol. The molecule has 0 saturated carbocycles. The van der Waals surface area contributed by atoms with Crippen molar-refractivity contribution in [1.82, 2.24) is 0 Å². The third kappa shape index (κ3) is 3.81. The summed E-state index contributed by atoms with van der Waals surface area (Å²) in [6.45, 7) is 9.40. The monoisotopic (exact) mass is 163 g/mol. The third-order valence-electron chi connectivity index (χ3n) is 1.53. The van der Waals surface area contributed by atoms with Crippen molar-refractivity contribution in [1.29, 1.82) is 0 Å². The van der Waals surface area contributed by atoms with E-state index < -0.39 is 0 Å². The molecule has 12 heavy (non-hydrogen) atoms. The minimum atomic E-state index is 0.678. The molecule has 0 aliphatic carbocycles. The van der Waals surface area contributed by atoms with E-state index in [-0.39, 0.29) is 0 Å². The summed E-state index contributed by atoms with van der Waals surface area (Å²) in [5.74, 6) is 0. The molecule has 66 valence electrons. The first kappa shape index (κ1) is 10.8. The van der Waals surface area contributed by atoms with E-state index in [1.165, 1.54) is 0 Å². The van der Waals surface area contributed by atoms with E-state index in [1.807, 2.05) is 6.08 Å². The highest BCUT2D eigenvalue weighted by atomic mass is 14.6. The van der Waals surface area contributed by atoms with Crippen LogP contribution in [-0.4, -0.2) is 0 Å². The zero-order valence-corrected chi connectivity index (χ0v) is 7.72. The molecule has 0 aromatic carbocycles. The average Bonchev–Trinajstić information content (AvgIpc) is 2.11. The van der Waals surface area contributed by atoms with Crippen molar-refractivity contribution < 1.29 is 0 Å². The van der Waals surface area contributed by atoms with Crippen molar-refractivity contribution in [3.05, 3.63) is 48.7 Å². The van der Waals surface area contributed by atoms with Crippen LogP contribution in [0.5, 0.6) is 0 Å². The largest absolute Gasteiger partial charge is 0.398 e. The summed E-state index contributed by atoms with van der Waals surface area (Å²) in [6, 6.07) is 0. The van der Waals surface area contributed by atoms with Crippen LogP contribution >= 0.6 is 0 Å². The molecule has 0 amide bonds. The molecule has 0 aromatic rings. The Balaban J connectivity index is 4.36. The van der Waals surface area contributed by atoms with E-state index in [4.69, 9.17) is 5.73 Å². The fourth-order valence-corrected chi connectivity index (χ4v) is 0.777. The number of rotatable bonds is 5. The van der Waals surface area contributed by atoms with Crippen LogP contribution in [0.1, 0.15) is 19.8 Å². The van der Waals surface area contributed by atoms with E-state index in [0.717, 1.165) is 18.4 Å². The van der Waals surface area contributed by atoms with E-state index >= 15 is 0 Å². The van der Waals surface area contributed by atoms with Crippen LogP contribution in [-0.2, 0) is 0 Å². The van der Waals surface area contributed by atoms with Gasteiger partial charge in [-0.25, -0.2) is 0 Å². The van der Waals surface area contributed by atoms with Crippen LogP contribution in [0.3, 0.4) is 0 Å². The lowest BCUT2D eigenvalue weighted by atomic mass is 10.1. The Morgan fingerprint density at radius 2 is 2.00 bits per heavy atom. The Bertz CT molecular complexity index is 209. The molecule has 0 radical (unpaired) electrons. The highest BCUT2D eigenvalue weighted by molar-refractivity contribution is 5.37. The lowest BCUT2D eigenvalue weighted by molar-refractivity contribution is 0.958. The van der Waals surface area contributed by atoms with Gasteiger partial charge in [0.05, 0.1) is 0 Å². The molecule has 0 heterocycles. The highest BCUT2D eigenvalue weighted by Gasteiger charge is 1.89. The first-order valence-corrected chi connectivity index (χ1v) is 4.17. The zero-order chi connectivity index (χ0) is 9.40. The van der Waals surface area contributed by atoms with Gasteiger partial charge >= 0.3 is 0 Å². The van der Waals surface area contributed by atoms with Gasteiger partial charge in [-0.1, -0.05) is 44.7 Å². The molecule has 0 aliphatic rings. The number of hydrogen-bond acceptors (Lipinski definition) is 1. The van der Waals surface area contributed by atoms with Gasteiger partial charge in [0.25, 0.3) is 0 Å². The Labute approximate surface area is 75.0 Å². The van der Waals surface area contributed by atoms with E-state index in [9.17, 15) is 0 Å². The van der Waals surface area contributed by atoms with Crippen LogP contribution in [0, 0.1) is 0 Å². The molecule has 0 rings (SSSR count). The second kappa shape index (κ2) is 6.47. The molecule has 0 atom stereocenters. The van der Waals surface area contributed by atoms with Crippen LogP contribution in [0.4, 0.5) is 0 Å². The number of unbranched alkanes of at least 4 members (excludes halogenated alkanes) is 1. The van der Waals surface area contributed by atoms with Gasteiger partial charge < -0.3 is 5.73 Å². The van der Waals surface area contributed by atoms with Gasteiger partial charge in [-0.15, -0.1) is 0 Å². The van der Waals surface area contributed by atoms with Crippen molar-refractivity contribution in [3.8, 4) is 0 Å². The molecule has 1 heteroatoms. The predicted octanol–water partition coefficient (Wildman–Crippen LogP) is 2.93. The molecular weight excluding hydrogens is 146 g/mol. The Hall–Kier alpha value is -1.24. The van der Waals surface area contributed by atoms with Gasteiger partial charge in [0.15, 0.2) is 0 Å². The van der Waals surface area contributed by atoms with Gasteiger partial charge in [-0.3, -0.25) is 0 Å². The molecule has 0 saturated heterocycles. The van der Waals surface area contributed by atoms with Gasteiger partial charge in [-0.05, 0) is 18.1 Å².